The molecule has 0 heterocycles. The van der Waals surface area contributed by atoms with Crippen LogP contribution in [0.15, 0.2) is 0 Å². The monoisotopic (exact) mass is 353 g/mol. The Hall–Kier alpha value is -0.340. The molecule has 1 atom stereocenters. The summed E-state index contributed by atoms with van der Waals surface area (Å²) in [6.07, 6.45) is -21.1. The van der Waals surface area contributed by atoms with Crippen molar-refractivity contribution in [2.75, 3.05) is 0 Å². The molecule has 0 amide bonds. The van der Waals surface area contributed by atoms with Gasteiger partial charge in [0.25, 0.3) is 0 Å². The van der Waals surface area contributed by atoms with Crippen LogP contribution >= 0.6 is 0 Å². The molecule has 1 radical (unpaired) electrons. The number of carboxylic acid groups (broad SMARTS) is 1. The van der Waals surface area contributed by atoms with Crippen LogP contribution in [0, 0.1) is 0 Å². The van der Waals surface area contributed by atoms with Crippen LogP contribution in [-0.4, -0.2) is 70.9 Å². The summed E-state index contributed by atoms with van der Waals surface area (Å²) in [5.74, 6) is -17.6. The molecule has 0 rings (SSSR count). The van der Waals surface area contributed by atoms with Gasteiger partial charge in [-0.05, 0) is 0 Å². The van der Waals surface area contributed by atoms with E-state index in [1.54, 1.807) is 4.74 Å². The zero-order valence-electron chi connectivity index (χ0n) is 9.42. The largest absolute Gasteiger partial charge is 0.477 e. The van der Waals surface area contributed by atoms with Crippen LogP contribution in [0.5, 0.6) is 0 Å². The summed E-state index contributed by atoms with van der Waals surface area (Å²) >= 11 is 0. The minimum Gasteiger partial charge on any atom is -0.477 e. The average molecular weight is 353 g/mol. The van der Waals surface area contributed by atoms with Crippen LogP contribution in [0.1, 0.15) is 0 Å². The second-order valence-corrected chi connectivity index (χ2v) is 3.09. The van der Waals surface area contributed by atoms with Crippen LogP contribution in [0.3, 0.4) is 0 Å². The number of alkyl halides is 11. The van der Waals surface area contributed by atoms with Crippen molar-refractivity contribution < 1.29 is 62.9 Å². The number of rotatable bonds is 4. The Balaban J connectivity index is 0. The molecule has 21 heavy (non-hydrogen) atoms. The van der Waals surface area contributed by atoms with E-state index in [1.165, 1.54) is 0 Å². The van der Waals surface area contributed by atoms with Crippen molar-refractivity contribution in [1.29, 1.82) is 0 Å². The molecule has 0 aliphatic heterocycles. The molecule has 3 nitrogen and oxygen atoms in total. The van der Waals surface area contributed by atoms with Gasteiger partial charge >= 0.3 is 36.2 Å². The minimum absolute atomic E-state index is 0. The Morgan fingerprint density at radius 3 is 1.29 bits per heavy atom. The topological polar surface area (TPSA) is 46.5 Å². The molecular weight excluding hydrogens is 352 g/mol. The van der Waals surface area contributed by atoms with Gasteiger partial charge in [0.15, 0.2) is 0 Å². The minimum atomic E-state index is -7.27. The summed E-state index contributed by atoms with van der Waals surface area (Å²) in [6.45, 7) is 0. The van der Waals surface area contributed by atoms with Crippen molar-refractivity contribution in [2.45, 2.75) is 30.2 Å². The van der Waals surface area contributed by atoms with Gasteiger partial charge in [-0.2, -0.15) is 48.3 Å². The molecule has 0 fully saturated rings. The van der Waals surface area contributed by atoms with Crippen molar-refractivity contribution in [3.63, 3.8) is 0 Å². The van der Waals surface area contributed by atoms with E-state index in [2.05, 4.69) is 0 Å². The number of hydrogen-bond donors (Lipinski definition) is 1. The van der Waals surface area contributed by atoms with Crippen LogP contribution in [-0.2, 0) is 9.53 Å². The maximum atomic E-state index is 12.7. The Morgan fingerprint density at radius 2 is 1.10 bits per heavy atom. The van der Waals surface area contributed by atoms with Gasteiger partial charge in [0.05, 0.1) is 0 Å². The number of hydrogen-bond acceptors (Lipinski definition) is 2. The first-order chi connectivity index (χ1) is 8.40. The predicted octanol–water partition coefficient (Wildman–Crippen LogP) is 2.73. The van der Waals surface area contributed by atoms with Gasteiger partial charge in [0.1, 0.15) is 0 Å². The van der Waals surface area contributed by atoms with Gasteiger partial charge in [0, 0.05) is 29.6 Å². The number of halogens is 11. The molecule has 121 valence electrons. The summed E-state index contributed by atoms with van der Waals surface area (Å²) in [5, 5.41) is 7.72. The molecular formula is C6HF11NaO3. The van der Waals surface area contributed by atoms with E-state index in [4.69, 9.17) is 5.11 Å². The molecule has 0 aromatic carbocycles. The Morgan fingerprint density at radius 1 is 0.762 bits per heavy atom. The standard InChI is InChI=1S/C6HF11O3.Na/c7-2(1(18)19,4(10,11)12)20-6(16,17)3(8,9)5(13,14)15;/h(H,18,19);. The first-order valence-corrected chi connectivity index (χ1v) is 3.91. The second-order valence-electron chi connectivity index (χ2n) is 3.09. The van der Waals surface area contributed by atoms with Crippen molar-refractivity contribution in [2.24, 2.45) is 0 Å². The molecule has 0 aromatic rings. The predicted molar refractivity (Wildman–Crippen MR) is 40.3 cm³/mol. The normalized spacial score (nSPS) is 16.9. The molecule has 0 bridgehead atoms. The first kappa shape index (κ1) is 22.9. The Labute approximate surface area is 129 Å². The zero-order chi connectivity index (χ0) is 16.8. The van der Waals surface area contributed by atoms with E-state index in [-0.39, 0.29) is 29.6 Å². The molecule has 0 spiro atoms. The third-order valence-corrected chi connectivity index (χ3v) is 1.63. The van der Waals surface area contributed by atoms with Gasteiger partial charge in [-0.3, -0.25) is 4.74 Å². The van der Waals surface area contributed by atoms with Gasteiger partial charge in [-0.15, -0.1) is 0 Å². The quantitative estimate of drug-likeness (QED) is 0.625. The SMILES string of the molecule is O=C(O)C(F)(OC(F)(F)C(F)(F)C(F)(F)F)C(F)(F)F.[Na]. The molecule has 0 saturated carbocycles. The molecule has 1 unspecified atom stereocenters. The van der Waals surface area contributed by atoms with Gasteiger partial charge in [-0.25, -0.2) is 4.79 Å². The summed E-state index contributed by atoms with van der Waals surface area (Å²) in [6, 6.07) is 0. The fourth-order valence-electron chi connectivity index (χ4n) is 0.628. The summed E-state index contributed by atoms with van der Waals surface area (Å²) < 4.78 is 134. The third-order valence-electron chi connectivity index (χ3n) is 1.63. The van der Waals surface area contributed by atoms with Gasteiger partial charge in [0.2, 0.25) is 0 Å². The Bertz CT molecular complexity index is 388. The molecule has 15 heteroatoms. The summed E-state index contributed by atoms with van der Waals surface area (Å²) in [4.78, 5) is 9.84. The summed E-state index contributed by atoms with van der Waals surface area (Å²) in [7, 11) is 0. The molecule has 1 N–H and O–H groups in total. The van der Waals surface area contributed by atoms with Crippen LogP contribution in [0.2, 0.25) is 0 Å². The van der Waals surface area contributed by atoms with Crippen LogP contribution in [0.25, 0.3) is 0 Å². The maximum Gasteiger partial charge on any atom is 0.462 e. The van der Waals surface area contributed by atoms with Crippen molar-refractivity contribution in [3.05, 3.63) is 0 Å². The maximum absolute atomic E-state index is 12.7. The Kier molecular flexibility index (Phi) is 6.60. The number of carbonyl (C=O) groups is 1. The molecule has 0 aliphatic rings. The molecule has 0 aromatic heterocycles. The molecule has 0 saturated heterocycles. The van der Waals surface area contributed by atoms with E-state index < -0.39 is 36.2 Å². The fraction of sp³-hybridized carbons (Fsp3) is 0.833. The summed E-state index contributed by atoms with van der Waals surface area (Å²) in [5.41, 5.74) is 0. The molecule has 0 aliphatic carbocycles. The first-order valence-electron chi connectivity index (χ1n) is 3.91. The van der Waals surface area contributed by atoms with Crippen molar-refractivity contribution >= 4 is 35.5 Å². The smallest absolute Gasteiger partial charge is 0.462 e. The fourth-order valence-corrected chi connectivity index (χ4v) is 0.628. The van der Waals surface area contributed by atoms with E-state index >= 15 is 0 Å². The van der Waals surface area contributed by atoms with Gasteiger partial charge < -0.3 is 5.11 Å². The van der Waals surface area contributed by atoms with Crippen LogP contribution in [0.4, 0.5) is 48.3 Å². The number of ether oxygens (including phenoxy) is 1. The van der Waals surface area contributed by atoms with Crippen LogP contribution < -0.4 is 0 Å². The van der Waals surface area contributed by atoms with Crippen molar-refractivity contribution in [3.8, 4) is 0 Å². The van der Waals surface area contributed by atoms with E-state index in [0.717, 1.165) is 0 Å². The van der Waals surface area contributed by atoms with Crippen molar-refractivity contribution in [1.82, 2.24) is 0 Å². The number of aliphatic carboxylic acids is 1. The zero-order valence-corrected chi connectivity index (χ0v) is 11.4. The van der Waals surface area contributed by atoms with E-state index in [1.807, 2.05) is 0 Å². The third kappa shape index (κ3) is 4.10. The van der Waals surface area contributed by atoms with Gasteiger partial charge in [-0.1, -0.05) is 0 Å². The van der Waals surface area contributed by atoms with E-state index in [0.29, 0.717) is 0 Å². The second kappa shape index (κ2) is 6.04. The number of carboxylic acids is 1. The average Bonchev–Trinajstić information content (AvgIpc) is 2.12. The van der Waals surface area contributed by atoms with E-state index in [9.17, 15) is 53.1 Å².